The summed E-state index contributed by atoms with van der Waals surface area (Å²) in [7, 11) is 1.82. The predicted octanol–water partition coefficient (Wildman–Crippen LogP) is 2.42. The van der Waals surface area contributed by atoms with E-state index in [0.29, 0.717) is 0 Å². The van der Waals surface area contributed by atoms with Crippen molar-refractivity contribution in [2.24, 2.45) is 0 Å². The molecular weight excluding hydrogens is 252 g/mol. The Morgan fingerprint density at radius 3 is 3.15 bits per heavy atom. The van der Waals surface area contributed by atoms with Crippen molar-refractivity contribution in [3.05, 3.63) is 35.8 Å². The van der Waals surface area contributed by atoms with E-state index in [4.69, 9.17) is 4.42 Å². The number of carbonyl (C=O) groups is 1. The average Bonchev–Trinajstić information content (AvgIpc) is 2.69. The van der Waals surface area contributed by atoms with Crippen LogP contribution in [0.4, 0.5) is 0 Å². The third kappa shape index (κ3) is 2.40. The first-order chi connectivity index (χ1) is 9.81. The molecule has 4 heteroatoms. The molecule has 0 fully saturated rings. The Hall–Kier alpha value is -1.55. The number of rotatable bonds is 2. The standard InChI is InChI=1S/C16H22N2O2/c1-17-14-15-12(9-11-20-15)8-10-18(16(14)19)13-6-4-2-3-5-7-13/h4,6,9,11,13-14,17H,2-3,5,7-8,10H2,1H3. The van der Waals surface area contributed by atoms with Gasteiger partial charge in [0.2, 0.25) is 5.91 Å². The molecular formula is C16H22N2O2. The second-order valence-corrected chi connectivity index (χ2v) is 5.59. The van der Waals surface area contributed by atoms with Gasteiger partial charge in [-0.15, -0.1) is 0 Å². The molecule has 1 amide bonds. The van der Waals surface area contributed by atoms with Gasteiger partial charge in [-0.25, -0.2) is 0 Å². The lowest BCUT2D eigenvalue weighted by Gasteiger charge is -2.30. The molecule has 0 saturated heterocycles. The highest BCUT2D eigenvalue weighted by Gasteiger charge is 2.34. The summed E-state index contributed by atoms with van der Waals surface area (Å²) in [6.07, 6.45) is 11.6. The number of amides is 1. The maximum atomic E-state index is 12.8. The Kier molecular flexibility index (Phi) is 3.92. The summed E-state index contributed by atoms with van der Waals surface area (Å²) in [4.78, 5) is 14.8. The molecule has 0 radical (unpaired) electrons. The lowest BCUT2D eigenvalue weighted by Crippen LogP contribution is -2.44. The molecule has 0 spiro atoms. The molecule has 2 aliphatic rings. The first-order valence-corrected chi connectivity index (χ1v) is 7.52. The molecule has 2 heterocycles. The molecule has 1 N–H and O–H groups in total. The molecule has 108 valence electrons. The molecule has 2 atom stereocenters. The van der Waals surface area contributed by atoms with Gasteiger partial charge in [0.1, 0.15) is 11.8 Å². The second kappa shape index (κ2) is 5.83. The summed E-state index contributed by atoms with van der Waals surface area (Å²) < 4.78 is 5.54. The Morgan fingerprint density at radius 2 is 2.30 bits per heavy atom. The predicted molar refractivity (Wildman–Crippen MR) is 77.3 cm³/mol. The molecule has 1 aliphatic carbocycles. The highest BCUT2D eigenvalue weighted by molar-refractivity contribution is 5.84. The van der Waals surface area contributed by atoms with Crippen molar-refractivity contribution in [2.45, 2.75) is 44.2 Å². The van der Waals surface area contributed by atoms with E-state index in [1.807, 2.05) is 18.0 Å². The van der Waals surface area contributed by atoms with E-state index >= 15 is 0 Å². The molecule has 0 saturated carbocycles. The van der Waals surface area contributed by atoms with Crippen LogP contribution in [0.1, 0.15) is 43.0 Å². The van der Waals surface area contributed by atoms with E-state index in [-0.39, 0.29) is 18.0 Å². The number of likely N-dealkylation sites (N-methyl/N-ethyl adjacent to an activating group) is 1. The third-order valence-corrected chi connectivity index (χ3v) is 4.36. The Morgan fingerprint density at radius 1 is 1.40 bits per heavy atom. The van der Waals surface area contributed by atoms with Crippen molar-refractivity contribution in [1.82, 2.24) is 10.2 Å². The lowest BCUT2D eigenvalue weighted by molar-refractivity contribution is -0.135. The summed E-state index contributed by atoms with van der Waals surface area (Å²) >= 11 is 0. The van der Waals surface area contributed by atoms with Crippen molar-refractivity contribution in [1.29, 1.82) is 0 Å². The molecule has 1 aromatic heterocycles. The monoisotopic (exact) mass is 274 g/mol. The van der Waals surface area contributed by atoms with Gasteiger partial charge >= 0.3 is 0 Å². The molecule has 4 nitrogen and oxygen atoms in total. The Bertz CT molecular complexity index is 506. The van der Waals surface area contributed by atoms with Crippen LogP contribution in [-0.2, 0) is 11.2 Å². The van der Waals surface area contributed by atoms with Gasteiger partial charge in [0, 0.05) is 6.54 Å². The minimum atomic E-state index is -0.348. The fourth-order valence-corrected chi connectivity index (χ4v) is 3.25. The number of nitrogens with one attached hydrogen (secondary N) is 1. The topological polar surface area (TPSA) is 45.5 Å². The van der Waals surface area contributed by atoms with Crippen molar-refractivity contribution < 1.29 is 9.21 Å². The van der Waals surface area contributed by atoms with Crippen molar-refractivity contribution in [2.75, 3.05) is 13.6 Å². The van der Waals surface area contributed by atoms with Crippen LogP contribution in [0.2, 0.25) is 0 Å². The van der Waals surface area contributed by atoms with E-state index in [1.165, 1.54) is 12.8 Å². The van der Waals surface area contributed by atoms with Crippen LogP contribution in [0, 0.1) is 0 Å². The molecule has 2 unspecified atom stereocenters. The van der Waals surface area contributed by atoms with Crippen LogP contribution in [-0.4, -0.2) is 30.4 Å². The van der Waals surface area contributed by atoms with Gasteiger partial charge in [0.15, 0.2) is 0 Å². The number of nitrogens with zero attached hydrogens (tertiary/aromatic N) is 1. The van der Waals surface area contributed by atoms with Gasteiger partial charge in [0.25, 0.3) is 0 Å². The van der Waals surface area contributed by atoms with Crippen LogP contribution in [0.25, 0.3) is 0 Å². The van der Waals surface area contributed by atoms with Crippen LogP contribution in [0.15, 0.2) is 28.9 Å². The van der Waals surface area contributed by atoms with E-state index < -0.39 is 0 Å². The zero-order valence-electron chi connectivity index (χ0n) is 12.0. The second-order valence-electron chi connectivity index (χ2n) is 5.59. The molecule has 0 bridgehead atoms. The van der Waals surface area contributed by atoms with Crippen LogP contribution in [0.5, 0.6) is 0 Å². The van der Waals surface area contributed by atoms with Crippen molar-refractivity contribution >= 4 is 5.91 Å². The Labute approximate surface area is 119 Å². The molecule has 20 heavy (non-hydrogen) atoms. The number of furan rings is 1. The summed E-state index contributed by atoms with van der Waals surface area (Å²) in [6.45, 7) is 0.776. The smallest absolute Gasteiger partial charge is 0.248 e. The van der Waals surface area contributed by atoms with Gasteiger partial charge in [-0.3, -0.25) is 4.79 Å². The summed E-state index contributed by atoms with van der Waals surface area (Å²) in [5.74, 6) is 0.926. The number of hydrogen-bond donors (Lipinski definition) is 1. The van der Waals surface area contributed by atoms with Gasteiger partial charge < -0.3 is 14.6 Å². The maximum Gasteiger partial charge on any atom is 0.248 e. The first-order valence-electron chi connectivity index (χ1n) is 7.52. The number of fused-ring (bicyclic) bond motifs is 1. The first kappa shape index (κ1) is 13.4. The highest BCUT2D eigenvalue weighted by atomic mass is 16.3. The zero-order chi connectivity index (χ0) is 13.9. The van der Waals surface area contributed by atoms with E-state index in [2.05, 4.69) is 17.5 Å². The molecule has 3 rings (SSSR count). The van der Waals surface area contributed by atoms with Crippen LogP contribution < -0.4 is 5.32 Å². The molecule has 1 aromatic rings. The van der Waals surface area contributed by atoms with Gasteiger partial charge in [-0.1, -0.05) is 18.6 Å². The van der Waals surface area contributed by atoms with E-state index in [1.54, 1.807) is 6.26 Å². The number of hydrogen-bond acceptors (Lipinski definition) is 3. The SMILES string of the molecule is CNC1C(=O)N(C2C=CCCCC2)CCc2ccoc21. The van der Waals surface area contributed by atoms with E-state index in [9.17, 15) is 4.79 Å². The minimum absolute atomic E-state index is 0.137. The van der Waals surface area contributed by atoms with Crippen LogP contribution in [0.3, 0.4) is 0 Å². The maximum absolute atomic E-state index is 12.8. The Balaban J connectivity index is 1.87. The lowest BCUT2D eigenvalue weighted by atomic mass is 10.1. The highest BCUT2D eigenvalue weighted by Crippen LogP contribution is 2.28. The third-order valence-electron chi connectivity index (χ3n) is 4.36. The molecule has 0 aromatic carbocycles. The fraction of sp³-hybridized carbons (Fsp3) is 0.562. The fourth-order valence-electron chi connectivity index (χ4n) is 3.25. The van der Waals surface area contributed by atoms with Crippen molar-refractivity contribution in [3.8, 4) is 0 Å². The van der Waals surface area contributed by atoms with Gasteiger partial charge in [0.05, 0.1) is 12.3 Å². The quantitative estimate of drug-likeness (QED) is 0.842. The number of allylic oxidation sites excluding steroid dienone is 1. The summed E-state index contributed by atoms with van der Waals surface area (Å²) in [5.41, 5.74) is 1.15. The number of carbonyl (C=O) groups excluding carboxylic acids is 1. The largest absolute Gasteiger partial charge is 0.467 e. The summed E-state index contributed by atoms with van der Waals surface area (Å²) in [6, 6.07) is 1.88. The molecule has 1 aliphatic heterocycles. The average molecular weight is 274 g/mol. The zero-order valence-corrected chi connectivity index (χ0v) is 12.0. The van der Waals surface area contributed by atoms with Crippen molar-refractivity contribution in [3.63, 3.8) is 0 Å². The summed E-state index contributed by atoms with van der Waals surface area (Å²) in [5, 5.41) is 3.11. The van der Waals surface area contributed by atoms with E-state index in [0.717, 1.165) is 37.1 Å². The van der Waals surface area contributed by atoms with Crippen LogP contribution >= 0.6 is 0 Å². The normalized spacial score (nSPS) is 27.1. The minimum Gasteiger partial charge on any atom is -0.467 e. The van der Waals surface area contributed by atoms with Gasteiger partial charge in [-0.2, -0.15) is 0 Å². The van der Waals surface area contributed by atoms with Gasteiger partial charge in [-0.05, 0) is 44.4 Å².